The van der Waals surface area contributed by atoms with Gasteiger partial charge in [-0.25, -0.2) is 4.98 Å². The fraction of sp³-hybridized carbons (Fsp3) is 0.520. The van der Waals surface area contributed by atoms with Gasteiger partial charge in [-0.05, 0) is 56.7 Å². The van der Waals surface area contributed by atoms with Crippen LogP contribution in [-0.4, -0.2) is 56.3 Å². The Morgan fingerprint density at radius 2 is 1.85 bits per heavy atom. The standard InChI is InChI=1S/C25H30ClN5O3/c1-25(24(34)29-18-4-2-3-5-18)14-30-15-28-20(21(30)23(33)31(25)19-10-11-19)22(32)27-13-12-16-6-8-17(26)9-7-16/h6-9,15,18-19H,2-5,10-14H2,1H3,(H,27,32)(H,29,34)/t25-/m1/s1. The van der Waals surface area contributed by atoms with Crippen LogP contribution in [0.3, 0.4) is 0 Å². The highest BCUT2D eigenvalue weighted by Gasteiger charge is 2.54. The second kappa shape index (κ2) is 9.06. The van der Waals surface area contributed by atoms with Crippen LogP contribution in [-0.2, 0) is 17.8 Å². The highest BCUT2D eigenvalue weighted by atomic mass is 35.5. The van der Waals surface area contributed by atoms with Gasteiger partial charge in [0, 0.05) is 23.7 Å². The van der Waals surface area contributed by atoms with Gasteiger partial charge in [-0.2, -0.15) is 0 Å². The second-order valence-electron chi connectivity index (χ2n) is 9.84. The summed E-state index contributed by atoms with van der Waals surface area (Å²) in [5.74, 6) is -0.794. The lowest BCUT2D eigenvalue weighted by Crippen LogP contribution is -2.65. The third kappa shape index (κ3) is 4.31. The molecule has 1 aromatic heterocycles. The molecule has 0 bridgehead atoms. The van der Waals surface area contributed by atoms with Crippen molar-refractivity contribution in [2.75, 3.05) is 6.54 Å². The Hall–Kier alpha value is -2.87. The van der Waals surface area contributed by atoms with Gasteiger partial charge in [-0.1, -0.05) is 36.6 Å². The molecule has 1 aromatic carbocycles. The fourth-order valence-electron chi connectivity index (χ4n) is 5.19. The molecule has 1 atom stereocenters. The molecule has 1 aliphatic heterocycles. The maximum Gasteiger partial charge on any atom is 0.274 e. The lowest BCUT2D eigenvalue weighted by Gasteiger charge is -2.44. The zero-order chi connectivity index (χ0) is 23.9. The van der Waals surface area contributed by atoms with Crippen LogP contribution in [0.4, 0.5) is 0 Å². The molecular weight excluding hydrogens is 454 g/mol. The largest absolute Gasteiger partial charge is 0.351 e. The van der Waals surface area contributed by atoms with Crippen LogP contribution in [0.1, 0.15) is 72.0 Å². The molecule has 2 saturated carbocycles. The van der Waals surface area contributed by atoms with Crippen LogP contribution in [0.15, 0.2) is 30.6 Å². The van der Waals surface area contributed by atoms with Crippen LogP contribution in [0.25, 0.3) is 0 Å². The number of nitrogens with zero attached hydrogens (tertiary/aromatic N) is 3. The van der Waals surface area contributed by atoms with E-state index in [2.05, 4.69) is 15.6 Å². The highest BCUT2D eigenvalue weighted by molar-refractivity contribution is 6.30. The summed E-state index contributed by atoms with van der Waals surface area (Å²) in [6.07, 6.45) is 8.09. The Morgan fingerprint density at radius 3 is 2.53 bits per heavy atom. The van der Waals surface area contributed by atoms with E-state index >= 15 is 0 Å². The Balaban J connectivity index is 1.32. The Morgan fingerprint density at radius 1 is 1.15 bits per heavy atom. The van der Waals surface area contributed by atoms with Crippen molar-refractivity contribution < 1.29 is 14.4 Å². The molecule has 2 heterocycles. The number of hydrogen-bond acceptors (Lipinski definition) is 4. The molecule has 0 radical (unpaired) electrons. The fourth-order valence-corrected chi connectivity index (χ4v) is 5.31. The number of nitrogens with one attached hydrogen (secondary N) is 2. The minimum absolute atomic E-state index is 0.0243. The molecule has 2 aromatic rings. The van der Waals surface area contributed by atoms with Crippen molar-refractivity contribution in [1.82, 2.24) is 25.1 Å². The molecule has 34 heavy (non-hydrogen) atoms. The normalized spacial score (nSPS) is 22.5. The van der Waals surface area contributed by atoms with Crippen molar-refractivity contribution in [2.45, 2.75) is 76.0 Å². The van der Waals surface area contributed by atoms with Gasteiger partial charge in [0.1, 0.15) is 11.2 Å². The maximum atomic E-state index is 13.7. The SMILES string of the molecule is C[C@]1(C(=O)NC2CCCC2)Cn2cnc(C(=O)NCCc3ccc(Cl)cc3)c2C(=O)N1C1CC1. The Labute approximate surface area is 204 Å². The summed E-state index contributed by atoms with van der Waals surface area (Å²) in [5.41, 5.74) is 0.431. The van der Waals surface area contributed by atoms with E-state index in [1.807, 2.05) is 31.2 Å². The first-order valence-electron chi connectivity index (χ1n) is 12.1. The maximum absolute atomic E-state index is 13.7. The minimum atomic E-state index is -1.00. The molecule has 3 amide bonds. The average molecular weight is 484 g/mol. The molecule has 180 valence electrons. The summed E-state index contributed by atoms with van der Waals surface area (Å²) in [7, 11) is 0. The molecular formula is C25H30ClN5O3. The van der Waals surface area contributed by atoms with Crippen molar-refractivity contribution in [3.05, 3.63) is 52.6 Å². The third-order valence-electron chi connectivity index (χ3n) is 7.19. The molecule has 5 rings (SSSR count). The van der Waals surface area contributed by atoms with E-state index in [0.717, 1.165) is 44.1 Å². The van der Waals surface area contributed by atoms with Gasteiger partial charge < -0.3 is 20.1 Å². The van der Waals surface area contributed by atoms with Crippen molar-refractivity contribution in [2.24, 2.45) is 0 Å². The summed E-state index contributed by atoms with van der Waals surface area (Å²) in [5, 5.41) is 6.71. The molecule has 2 aliphatic carbocycles. The number of rotatable bonds is 7. The lowest BCUT2D eigenvalue weighted by molar-refractivity contribution is -0.134. The van der Waals surface area contributed by atoms with E-state index in [0.29, 0.717) is 18.0 Å². The van der Waals surface area contributed by atoms with Gasteiger partial charge in [-0.15, -0.1) is 0 Å². The zero-order valence-electron chi connectivity index (χ0n) is 19.3. The molecule has 2 fully saturated rings. The number of carbonyl (C=O) groups is 3. The predicted molar refractivity (Wildman–Crippen MR) is 128 cm³/mol. The predicted octanol–water partition coefficient (Wildman–Crippen LogP) is 2.94. The van der Waals surface area contributed by atoms with Crippen molar-refractivity contribution in [3.8, 4) is 0 Å². The van der Waals surface area contributed by atoms with Crippen LogP contribution in [0, 0.1) is 0 Å². The van der Waals surface area contributed by atoms with Crippen LogP contribution in [0.5, 0.6) is 0 Å². The van der Waals surface area contributed by atoms with E-state index in [9.17, 15) is 14.4 Å². The summed E-state index contributed by atoms with van der Waals surface area (Å²) in [6.45, 7) is 2.53. The molecule has 0 unspecified atom stereocenters. The van der Waals surface area contributed by atoms with Crippen molar-refractivity contribution in [1.29, 1.82) is 0 Å². The zero-order valence-corrected chi connectivity index (χ0v) is 20.1. The number of halogens is 1. The third-order valence-corrected chi connectivity index (χ3v) is 7.44. The first-order chi connectivity index (χ1) is 16.4. The number of hydrogen-bond donors (Lipinski definition) is 2. The Bertz CT molecular complexity index is 1100. The van der Waals surface area contributed by atoms with E-state index in [-0.39, 0.29) is 47.7 Å². The molecule has 2 N–H and O–H groups in total. The number of amides is 3. The number of benzene rings is 1. The molecule has 0 spiro atoms. The van der Waals surface area contributed by atoms with E-state index in [1.165, 1.54) is 6.33 Å². The number of aromatic nitrogens is 2. The van der Waals surface area contributed by atoms with Crippen LogP contribution >= 0.6 is 11.6 Å². The van der Waals surface area contributed by atoms with Gasteiger partial charge in [-0.3, -0.25) is 14.4 Å². The smallest absolute Gasteiger partial charge is 0.274 e. The number of fused-ring (bicyclic) bond motifs is 1. The van der Waals surface area contributed by atoms with Crippen molar-refractivity contribution >= 4 is 29.3 Å². The van der Waals surface area contributed by atoms with Gasteiger partial charge in [0.2, 0.25) is 5.91 Å². The van der Waals surface area contributed by atoms with Gasteiger partial charge in [0.25, 0.3) is 11.8 Å². The van der Waals surface area contributed by atoms with E-state index in [1.54, 1.807) is 9.47 Å². The lowest BCUT2D eigenvalue weighted by atomic mass is 9.93. The van der Waals surface area contributed by atoms with Crippen LogP contribution < -0.4 is 10.6 Å². The average Bonchev–Trinajstić information content (AvgIpc) is 3.32. The first kappa shape index (κ1) is 22.9. The van der Waals surface area contributed by atoms with Crippen molar-refractivity contribution in [3.63, 3.8) is 0 Å². The van der Waals surface area contributed by atoms with Crippen LogP contribution in [0.2, 0.25) is 5.02 Å². The molecule has 3 aliphatic rings. The summed E-state index contributed by atoms with van der Waals surface area (Å²) in [6, 6.07) is 7.66. The summed E-state index contributed by atoms with van der Waals surface area (Å²) < 4.78 is 1.67. The second-order valence-corrected chi connectivity index (χ2v) is 10.3. The van der Waals surface area contributed by atoms with Gasteiger partial charge in [0.15, 0.2) is 5.69 Å². The highest BCUT2D eigenvalue weighted by Crippen LogP contribution is 2.39. The minimum Gasteiger partial charge on any atom is -0.351 e. The molecule has 0 saturated heterocycles. The van der Waals surface area contributed by atoms with E-state index < -0.39 is 5.54 Å². The van der Waals surface area contributed by atoms with Gasteiger partial charge in [0.05, 0.1) is 12.9 Å². The first-order valence-corrected chi connectivity index (χ1v) is 12.5. The summed E-state index contributed by atoms with van der Waals surface area (Å²) >= 11 is 5.92. The van der Waals surface area contributed by atoms with E-state index in [4.69, 9.17) is 11.6 Å². The van der Waals surface area contributed by atoms with Gasteiger partial charge >= 0.3 is 0 Å². The molecule has 9 heteroatoms. The topological polar surface area (TPSA) is 96.3 Å². The summed E-state index contributed by atoms with van der Waals surface area (Å²) in [4.78, 5) is 46.0. The Kier molecular flexibility index (Phi) is 6.10. The molecule has 8 nitrogen and oxygen atoms in total. The number of carbonyl (C=O) groups excluding carboxylic acids is 3. The quantitative estimate of drug-likeness (QED) is 0.632. The monoisotopic (exact) mass is 483 g/mol. The number of imidazole rings is 1.